The van der Waals surface area contributed by atoms with Crippen LogP contribution < -0.4 is 10.9 Å². The standard InChI is InChI=1S/C21H23F3N4O2/c22-21(23,24)15-4-6-16(7-5-15)28-18(29)8-3-14-13-17(26-19(14)28)20(30)25-9-12-27-10-1-2-11-27/h3-8,13,20,25-26,30H,1-2,9-12H2. The average molecular weight is 420 g/mol. The average Bonchev–Trinajstić information content (AvgIpc) is 3.37. The molecule has 30 heavy (non-hydrogen) atoms. The summed E-state index contributed by atoms with van der Waals surface area (Å²) in [6.07, 6.45) is -2.99. The fourth-order valence-corrected chi connectivity index (χ4v) is 3.82. The molecule has 1 saturated heterocycles. The topological polar surface area (TPSA) is 73.3 Å². The van der Waals surface area contributed by atoms with Crippen LogP contribution in [0.15, 0.2) is 47.3 Å². The van der Waals surface area contributed by atoms with Gasteiger partial charge in [-0.3, -0.25) is 14.7 Å². The Hall–Kier alpha value is -2.62. The van der Waals surface area contributed by atoms with Gasteiger partial charge >= 0.3 is 6.18 Å². The number of benzene rings is 1. The SMILES string of the molecule is O=c1ccc2cc(C(O)NCCN3CCCC3)[nH]c2n1-c1ccc(C(F)(F)F)cc1. The molecule has 4 rings (SSSR count). The van der Waals surface area contributed by atoms with Gasteiger partial charge in [0, 0.05) is 24.5 Å². The summed E-state index contributed by atoms with van der Waals surface area (Å²) in [4.78, 5) is 17.8. The Labute approximate surface area is 170 Å². The second kappa shape index (κ2) is 8.25. The van der Waals surface area contributed by atoms with E-state index in [1.807, 2.05) is 0 Å². The molecule has 0 aliphatic carbocycles. The van der Waals surface area contributed by atoms with Crippen molar-refractivity contribution >= 4 is 11.0 Å². The van der Waals surface area contributed by atoms with E-state index in [1.165, 1.54) is 35.6 Å². The van der Waals surface area contributed by atoms with Gasteiger partial charge in [-0.1, -0.05) is 0 Å². The molecule has 0 spiro atoms. The minimum atomic E-state index is -4.44. The molecule has 0 saturated carbocycles. The molecule has 2 aromatic heterocycles. The third kappa shape index (κ3) is 4.28. The van der Waals surface area contributed by atoms with Gasteiger partial charge in [0.25, 0.3) is 5.56 Å². The predicted octanol–water partition coefficient (Wildman–Crippen LogP) is 3.01. The molecule has 1 aromatic carbocycles. The lowest BCUT2D eigenvalue weighted by molar-refractivity contribution is -0.137. The molecular weight excluding hydrogens is 397 g/mol. The highest BCUT2D eigenvalue weighted by molar-refractivity contribution is 5.78. The molecule has 3 N–H and O–H groups in total. The van der Waals surface area contributed by atoms with Gasteiger partial charge in [0.1, 0.15) is 11.9 Å². The number of hydrogen-bond donors (Lipinski definition) is 3. The first-order valence-electron chi connectivity index (χ1n) is 9.89. The molecule has 9 heteroatoms. The van der Waals surface area contributed by atoms with Gasteiger partial charge in [-0.2, -0.15) is 13.2 Å². The molecule has 1 fully saturated rings. The highest BCUT2D eigenvalue weighted by Crippen LogP contribution is 2.30. The predicted molar refractivity (Wildman–Crippen MR) is 108 cm³/mol. The quantitative estimate of drug-likeness (QED) is 0.536. The van der Waals surface area contributed by atoms with E-state index in [4.69, 9.17) is 0 Å². The Balaban J connectivity index is 1.57. The first-order valence-corrected chi connectivity index (χ1v) is 9.89. The minimum absolute atomic E-state index is 0.309. The summed E-state index contributed by atoms with van der Waals surface area (Å²) in [5.41, 5.74) is 0.0437. The number of nitrogens with one attached hydrogen (secondary N) is 2. The maximum absolute atomic E-state index is 12.8. The Morgan fingerprint density at radius 3 is 2.47 bits per heavy atom. The van der Waals surface area contributed by atoms with Crippen LogP contribution in [0.4, 0.5) is 13.2 Å². The van der Waals surface area contributed by atoms with E-state index in [1.54, 1.807) is 12.1 Å². The first-order chi connectivity index (χ1) is 14.3. The van der Waals surface area contributed by atoms with Gasteiger partial charge in [-0.05, 0) is 62.3 Å². The number of alkyl halides is 3. The fourth-order valence-electron chi connectivity index (χ4n) is 3.82. The molecule has 0 radical (unpaired) electrons. The lowest BCUT2D eigenvalue weighted by Crippen LogP contribution is -2.32. The monoisotopic (exact) mass is 420 g/mol. The van der Waals surface area contributed by atoms with Gasteiger partial charge < -0.3 is 15.0 Å². The van der Waals surface area contributed by atoms with E-state index >= 15 is 0 Å². The van der Waals surface area contributed by atoms with Gasteiger partial charge in [0.2, 0.25) is 0 Å². The fraction of sp³-hybridized carbons (Fsp3) is 0.381. The number of hydrogen-bond acceptors (Lipinski definition) is 4. The van der Waals surface area contributed by atoms with Crippen LogP contribution in [-0.2, 0) is 6.18 Å². The van der Waals surface area contributed by atoms with Gasteiger partial charge in [0.15, 0.2) is 0 Å². The zero-order chi connectivity index (χ0) is 21.3. The summed E-state index contributed by atoms with van der Waals surface area (Å²) in [5, 5.41) is 14.2. The number of aromatic amines is 1. The molecule has 160 valence electrons. The zero-order valence-electron chi connectivity index (χ0n) is 16.2. The number of aliphatic hydroxyl groups is 1. The summed E-state index contributed by atoms with van der Waals surface area (Å²) >= 11 is 0. The van der Waals surface area contributed by atoms with Crippen LogP contribution in [-0.4, -0.2) is 45.7 Å². The summed E-state index contributed by atoms with van der Waals surface area (Å²) in [6.45, 7) is 3.60. The number of halogens is 3. The van der Waals surface area contributed by atoms with Crippen LogP contribution in [0.25, 0.3) is 16.7 Å². The van der Waals surface area contributed by atoms with Crippen LogP contribution in [0, 0.1) is 0 Å². The molecule has 1 aliphatic rings. The van der Waals surface area contributed by atoms with E-state index in [2.05, 4.69) is 15.2 Å². The maximum atomic E-state index is 12.8. The number of rotatable bonds is 6. The van der Waals surface area contributed by atoms with Crippen molar-refractivity contribution in [3.05, 3.63) is 64.1 Å². The van der Waals surface area contributed by atoms with Crippen molar-refractivity contribution in [1.29, 1.82) is 0 Å². The van der Waals surface area contributed by atoms with Crippen LogP contribution in [0.1, 0.15) is 30.3 Å². The molecule has 3 heterocycles. The van der Waals surface area contributed by atoms with Crippen molar-refractivity contribution in [2.75, 3.05) is 26.2 Å². The van der Waals surface area contributed by atoms with E-state index in [0.29, 0.717) is 29.0 Å². The van der Waals surface area contributed by atoms with Crippen LogP contribution >= 0.6 is 0 Å². The Morgan fingerprint density at radius 2 is 1.80 bits per heavy atom. The number of H-pyrrole nitrogens is 1. The Morgan fingerprint density at radius 1 is 1.10 bits per heavy atom. The molecule has 1 atom stereocenters. The summed E-state index contributed by atoms with van der Waals surface area (Å²) in [6, 6.07) is 9.10. The van der Waals surface area contributed by atoms with Crippen molar-refractivity contribution in [2.24, 2.45) is 0 Å². The number of nitrogens with zero attached hydrogens (tertiary/aromatic N) is 2. The lowest BCUT2D eigenvalue weighted by Gasteiger charge is -2.17. The van der Waals surface area contributed by atoms with Crippen molar-refractivity contribution in [1.82, 2.24) is 19.8 Å². The second-order valence-electron chi connectivity index (χ2n) is 7.49. The van der Waals surface area contributed by atoms with Gasteiger partial charge in [0.05, 0.1) is 16.9 Å². The highest BCUT2D eigenvalue weighted by Gasteiger charge is 2.30. The van der Waals surface area contributed by atoms with Crippen molar-refractivity contribution in [3.8, 4) is 5.69 Å². The van der Waals surface area contributed by atoms with Crippen LogP contribution in [0.3, 0.4) is 0 Å². The lowest BCUT2D eigenvalue weighted by atomic mass is 10.2. The maximum Gasteiger partial charge on any atom is 0.416 e. The molecule has 1 aliphatic heterocycles. The normalized spacial score (nSPS) is 16.4. The van der Waals surface area contributed by atoms with Crippen LogP contribution in [0.2, 0.25) is 0 Å². The summed E-state index contributed by atoms with van der Waals surface area (Å²) in [7, 11) is 0. The highest BCUT2D eigenvalue weighted by atomic mass is 19.4. The molecular formula is C21H23F3N4O2. The molecule has 3 aromatic rings. The molecule has 0 amide bonds. The molecule has 0 bridgehead atoms. The molecule has 1 unspecified atom stereocenters. The third-order valence-corrected chi connectivity index (χ3v) is 5.41. The van der Waals surface area contributed by atoms with Crippen molar-refractivity contribution in [2.45, 2.75) is 25.2 Å². The van der Waals surface area contributed by atoms with Gasteiger partial charge in [-0.25, -0.2) is 0 Å². The number of aromatic nitrogens is 2. The Bertz CT molecular complexity index is 1070. The molecule has 6 nitrogen and oxygen atoms in total. The van der Waals surface area contributed by atoms with Crippen molar-refractivity contribution < 1.29 is 18.3 Å². The minimum Gasteiger partial charge on any atom is -0.373 e. The van der Waals surface area contributed by atoms with E-state index in [-0.39, 0.29) is 5.56 Å². The smallest absolute Gasteiger partial charge is 0.373 e. The second-order valence-corrected chi connectivity index (χ2v) is 7.49. The zero-order valence-corrected chi connectivity index (χ0v) is 16.2. The van der Waals surface area contributed by atoms with Gasteiger partial charge in [-0.15, -0.1) is 0 Å². The third-order valence-electron chi connectivity index (χ3n) is 5.41. The van der Waals surface area contributed by atoms with Crippen molar-refractivity contribution in [3.63, 3.8) is 0 Å². The van der Waals surface area contributed by atoms with E-state index in [9.17, 15) is 23.1 Å². The number of fused-ring (bicyclic) bond motifs is 1. The first kappa shape index (κ1) is 20.6. The van der Waals surface area contributed by atoms with Crippen LogP contribution in [0.5, 0.6) is 0 Å². The summed E-state index contributed by atoms with van der Waals surface area (Å²) < 4.78 is 39.8. The number of likely N-dealkylation sites (tertiary alicyclic amines) is 1. The number of pyridine rings is 1. The Kier molecular flexibility index (Phi) is 5.68. The van der Waals surface area contributed by atoms with E-state index < -0.39 is 18.0 Å². The summed E-state index contributed by atoms with van der Waals surface area (Å²) in [5.74, 6) is 0. The number of aliphatic hydroxyl groups excluding tert-OH is 1. The largest absolute Gasteiger partial charge is 0.416 e. The van der Waals surface area contributed by atoms with E-state index in [0.717, 1.165) is 31.8 Å².